The summed E-state index contributed by atoms with van der Waals surface area (Å²) in [6, 6.07) is 5.89. The fourth-order valence-electron chi connectivity index (χ4n) is 1.29. The quantitative estimate of drug-likeness (QED) is 0.868. The Morgan fingerprint density at radius 3 is 2.72 bits per heavy atom. The average Bonchev–Trinajstić information content (AvgIpc) is 2.34. The molecule has 0 saturated carbocycles. The smallest absolute Gasteiger partial charge is 0.165 e. The van der Waals surface area contributed by atoms with E-state index in [1.807, 2.05) is 0 Å². The van der Waals surface area contributed by atoms with Crippen molar-refractivity contribution in [2.24, 2.45) is 5.73 Å². The number of ether oxygens (including phenoxy) is 1. The number of halogens is 2. The van der Waals surface area contributed by atoms with Crippen LogP contribution in [0.4, 0.5) is 8.78 Å². The molecule has 0 aliphatic heterocycles. The number of hydrogen-bond acceptors (Lipinski definition) is 3. The predicted molar refractivity (Wildman–Crippen MR) is 66.6 cm³/mol. The molecule has 2 aromatic rings. The number of hydrogen-bond donors (Lipinski definition) is 1. The first-order chi connectivity index (χ1) is 8.56. The minimum Gasteiger partial charge on any atom is -0.454 e. The second-order valence-electron chi connectivity index (χ2n) is 3.42. The highest BCUT2D eigenvalue weighted by Gasteiger charge is 2.07. The Kier molecular flexibility index (Phi) is 3.47. The molecule has 1 aromatic heterocycles. The fraction of sp³-hybridized carbons (Fsp3) is 0. The van der Waals surface area contributed by atoms with Crippen LogP contribution in [0.15, 0.2) is 36.5 Å². The molecule has 0 unspecified atom stereocenters. The van der Waals surface area contributed by atoms with Crippen LogP contribution in [0.25, 0.3) is 0 Å². The second-order valence-corrected chi connectivity index (χ2v) is 3.86. The number of nitrogens with two attached hydrogens (primary N) is 1. The van der Waals surface area contributed by atoms with Gasteiger partial charge < -0.3 is 10.5 Å². The number of pyridine rings is 1. The summed E-state index contributed by atoms with van der Waals surface area (Å²) in [6.45, 7) is 0. The number of benzene rings is 1. The van der Waals surface area contributed by atoms with Gasteiger partial charge in [0, 0.05) is 18.3 Å². The van der Waals surface area contributed by atoms with Crippen LogP contribution < -0.4 is 10.5 Å². The van der Waals surface area contributed by atoms with Crippen LogP contribution in [0.3, 0.4) is 0 Å². The third-order valence-electron chi connectivity index (χ3n) is 2.10. The summed E-state index contributed by atoms with van der Waals surface area (Å²) in [5, 5.41) is 0. The first-order valence-corrected chi connectivity index (χ1v) is 5.36. The van der Waals surface area contributed by atoms with Crippen LogP contribution in [-0.2, 0) is 0 Å². The van der Waals surface area contributed by atoms with Gasteiger partial charge in [-0.1, -0.05) is 12.2 Å². The van der Waals surface area contributed by atoms with Gasteiger partial charge in [0.1, 0.15) is 22.2 Å². The van der Waals surface area contributed by atoms with Crippen LogP contribution in [0, 0.1) is 11.6 Å². The Morgan fingerprint density at radius 1 is 1.22 bits per heavy atom. The van der Waals surface area contributed by atoms with Gasteiger partial charge in [-0.3, -0.25) is 4.98 Å². The summed E-state index contributed by atoms with van der Waals surface area (Å²) in [4.78, 5) is 4.00. The molecule has 1 heterocycles. The number of thiocarbonyl (C=S) groups is 1. The molecule has 2 N–H and O–H groups in total. The van der Waals surface area contributed by atoms with Gasteiger partial charge in [0.2, 0.25) is 0 Å². The summed E-state index contributed by atoms with van der Waals surface area (Å²) < 4.78 is 31.5. The maximum Gasteiger partial charge on any atom is 0.165 e. The molecule has 1 aromatic carbocycles. The van der Waals surface area contributed by atoms with E-state index in [0.717, 1.165) is 18.2 Å². The lowest BCUT2D eigenvalue weighted by atomic mass is 10.3. The fourth-order valence-corrected chi connectivity index (χ4v) is 1.40. The minimum absolute atomic E-state index is 0.0974. The van der Waals surface area contributed by atoms with E-state index in [4.69, 9.17) is 22.7 Å². The highest BCUT2D eigenvalue weighted by molar-refractivity contribution is 7.80. The lowest BCUT2D eigenvalue weighted by Gasteiger charge is -2.07. The van der Waals surface area contributed by atoms with Crippen molar-refractivity contribution in [2.75, 3.05) is 0 Å². The summed E-state index contributed by atoms with van der Waals surface area (Å²) in [5.74, 6) is -1.19. The van der Waals surface area contributed by atoms with E-state index >= 15 is 0 Å². The predicted octanol–water partition coefficient (Wildman–Crippen LogP) is 2.79. The molecule has 3 nitrogen and oxygen atoms in total. The van der Waals surface area contributed by atoms with Crippen LogP contribution >= 0.6 is 12.2 Å². The van der Waals surface area contributed by atoms with Crippen LogP contribution in [-0.4, -0.2) is 9.97 Å². The minimum atomic E-state index is -0.662. The maximum atomic E-state index is 13.4. The van der Waals surface area contributed by atoms with E-state index in [1.165, 1.54) is 18.3 Å². The van der Waals surface area contributed by atoms with Gasteiger partial charge in [-0.05, 0) is 18.2 Å². The number of rotatable bonds is 3. The van der Waals surface area contributed by atoms with Crippen molar-refractivity contribution >= 4 is 17.2 Å². The summed E-state index contributed by atoms with van der Waals surface area (Å²) in [6.07, 6.45) is 1.42. The van der Waals surface area contributed by atoms with Gasteiger partial charge in [-0.25, -0.2) is 8.78 Å². The Morgan fingerprint density at radius 2 is 2.00 bits per heavy atom. The molecule has 0 saturated heterocycles. The van der Waals surface area contributed by atoms with Gasteiger partial charge >= 0.3 is 0 Å². The van der Waals surface area contributed by atoms with Crippen molar-refractivity contribution in [3.05, 3.63) is 53.9 Å². The van der Waals surface area contributed by atoms with E-state index in [1.54, 1.807) is 0 Å². The second kappa shape index (κ2) is 5.05. The molecule has 2 rings (SSSR count). The van der Waals surface area contributed by atoms with Crippen molar-refractivity contribution in [3.8, 4) is 11.5 Å². The molecule has 18 heavy (non-hydrogen) atoms. The van der Waals surface area contributed by atoms with E-state index in [0.29, 0.717) is 5.69 Å². The average molecular weight is 266 g/mol. The zero-order valence-corrected chi connectivity index (χ0v) is 9.88. The van der Waals surface area contributed by atoms with Gasteiger partial charge in [0.15, 0.2) is 11.6 Å². The highest BCUT2D eigenvalue weighted by Crippen LogP contribution is 2.25. The topological polar surface area (TPSA) is 48.1 Å². The summed E-state index contributed by atoms with van der Waals surface area (Å²) in [5.41, 5.74) is 5.76. The normalized spacial score (nSPS) is 10.1. The zero-order chi connectivity index (χ0) is 13.1. The third-order valence-corrected chi connectivity index (χ3v) is 2.31. The largest absolute Gasteiger partial charge is 0.454 e. The van der Waals surface area contributed by atoms with Crippen molar-refractivity contribution in [2.45, 2.75) is 0 Å². The molecule has 0 aliphatic carbocycles. The van der Waals surface area contributed by atoms with E-state index in [-0.39, 0.29) is 16.5 Å². The summed E-state index contributed by atoms with van der Waals surface area (Å²) in [7, 11) is 0. The van der Waals surface area contributed by atoms with E-state index in [9.17, 15) is 8.78 Å². The lowest BCUT2D eigenvalue weighted by molar-refractivity contribution is 0.436. The number of aromatic nitrogens is 1. The van der Waals surface area contributed by atoms with Crippen molar-refractivity contribution in [3.63, 3.8) is 0 Å². The molecule has 0 spiro atoms. The molecule has 0 atom stereocenters. The SMILES string of the molecule is NC(=S)c1cc(Oc2cc(F)ccc2F)ccn1. The molecule has 0 radical (unpaired) electrons. The van der Waals surface area contributed by atoms with Crippen molar-refractivity contribution < 1.29 is 13.5 Å². The van der Waals surface area contributed by atoms with Gasteiger partial charge in [-0.15, -0.1) is 0 Å². The molecule has 0 aliphatic rings. The van der Waals surface area contributed by atoms with Gasteiger partial charge in [-0.2, -0.15) is 0 Å². The van der Waals surface area contributed by atoms with Crippen molar-refractivity contribution in [1.29, 1.82) is 0 Å². The van der Waals surface area contributed by atoms with Crippen LogP contribution in [0.1, 0.15) is 5.69 Å². The Labute approximate surface area is 107 Å². The molecule has 0 amide bonds. The van der Waals surface area contributed by atoms with Gasteiger partial charge in [0.25, 0.3) is 0 Å². The van der Waals surface area contributed by atoms with Crippen molar-refractivity contribution in [1.82, 2.24) is 4.98 Å². The Bertz CT molecular complexity index is 604. The molecule has 0 fully saturated rings. The van der Waals surface area contributed by atoms with Gasteiger partial charge in [0.05, 0.1) is 0 Å². The Balaban J connectivity index is 2.31. The third kappa shape index (κ3) is 2.78. The molecule has 92 valence electrons. The first-order valence-electron chi connectivity index (χ1n) is 4.95. The zero-order valence-electron chi connectivity index (χ0n) is 9.06. The first kappa shape index (κ1) is 12.4. The van der Waals surface area contributed by atoms with E-state index in [2.05, 4.69) is 4.98 Å². The Hall–Kier alpha value is -2.08. The standard InChI is InChI=1S/C12H8F2N2OS/c13-7-1-2-9(14)11(5-7)17-8-3-4-16-10(6-8)12(15)18/h1-6H,(H2,15,18). The highest BCUT2D eigenvalue weighted by atomic mass is 32.1. The summed E-state index contributed by atoms with van der Waals surface area (Å²) >= 11 is 4.76. The number of nitrogens with zero attached hydrogens (tertiary/aromatic N) is 1. The van der Waals surface area contributed by atoms with Crippen LogP contribution in [0.5, 0.6) is 11.5 Å². The lowest BCUT2D eigenvalue weighted by Crippen LogP contribution is -2.11. The molecule has 0 bridgehead atoms. The van der Waals surface area contributed by atoms with E-state index < -0.39 is 11.6 Å². The van der Waals surface area contributed by atoms with Crippen LogP contribution in [0.2, 0.25) is 0 Å². The molecule has 6 heteroatoms. The molecular weight excluding hydrogens is 258 g/mol. The maximum absolute atomic E-state index is 13.4. The molecular formula is C12H8F2N2OS. The monoisotopic (exact) mass is 266 g/mol.